The van der Waals surface area contributed by atoms with Gasteiger partial charge in [-0.3, -0.25) is 24.2 Å². The Kier molecular flexibility index (Phi) is 7.71. The molecule has 2 aliphatic carbocycles. The Balaban J connectivity index is 1.33. The highest BCUT2D eigenvalue weighted by atomic mass is 35.5. The number of aromatic nitrogens is 1. The van der Waals surface area contributed by atoms with Gasteiger partial charge in [0.25, 0.3) is 23.6 Å². The number of fused-ring (bicyclic) bond motifs is 4. The molecule has 0 bridgehead atoms. The van der Waals surface area contributed by atoms with E-state index in [4.69, 9.17) is 39.2 Å². The molecule has 256 valence electrons. The van der Waals surface area contributed by atoms with Crippen molar-refractivity contribution in [3.05, 3.63) is 88.2 Å². The van der Waals surface area contributed by atoms with Crippen molar-refractivity contribution >= 4 is 69.9 Å². The number of aliphatic hydroxyl groups is 1. The van der Waals surface area contributed by atoms with Crippen LogP contribution in [0.15, 0.2) is 64.6 Å². The molecule has 10 nitrogen and oxygen atoms in total. The summed E-state index contributed by atoms with van der Waals surface area (Å²) in [6.07, 6.45) is -3.68. The topological polar surface area (TPSA) is 124 Å². The number of aliphatic hydroxyl groups excluding tert-OH is 1. The van der Waals surface area contributed by atoms with Gasteiger partial charge in [0.2, 0.25) is 0 Å². The van der Waals surface area contributed by atoms with Crippen LogP contribution in [0.1, 0.15) is 36.0 Å². The summed E-state index contributed by atoms with van der Waals surface area (Å²) < 4.78 is 60.2. The molecule has 6 unspecified atom stereocenters. The summed E-state index contributed by atoms with van der Waals surface area (Å²) in [4.78, 5) is 56.5. The number of benzene rings is 1. The van der Waals surface area contributed by atoms with Gasteiger partial charge in [-0.1, -0.05) is 23.3 Å². The number of amides is 4. The Bertz CT molecular complexity index is 1970. The minimum atomic E-state index is -4.85. The first-order valence-electron chi connectivity index (χ1n) is 14.8. The SMILES string of the molecule is CN(c1nc(C(F)(F)F)ccc1Cl)N1C(=O)C2CC=C3C(CC4(Cl)C(=O)N(c5ccc(F)cc5)C(=O)C4(Cl)C3c3ccc(CO)o3)C2C1=O. The lowest BCUT2D eigenvalue weighted by Gasteiger charge is -2.49. The molecule has 1 aromatic carbocycles. The van der Waals surface area contributed by atoms with E-state index < -0.39 is 93.6 Å². The highest BCUT2D eigenvalue weighted by molar-refractivity contribution is 6.58. The second-order valence-electron chi connectivity index (χ2n) is 12.2. The predicted octanol–water partition coefficient (Wildman–Crippen LogP) is 5.59. The van der Waals surface area contributed by atoms with E-state index in [9.17, 15) is 41.8 Å². The number of allylic oxidation sites excluding steroid dienone is 2. The van der Waals surface area contributed by atoms with Crippen LogP contribution in [-0.4, -0.2) is 55.5 Å². The summed E-state index contributed by atoms with van der Waals surface area (Å²) in [5, 5.41) is 11.0. The number of carbonyl (C=O) groups excluding carboxylic acids is 4. The zero-order valence-electron chi connectivity index (χ0n) is 25.0. The molecule has 17 heteroatoms. The molecule has 0 spiro atoms. The molecule has 2 saturated heterocycles. The second kappa shape index (κ2) is 11.3. The Morgan fingerprint density at radius 2 is 1.69 bits per heavy atom. The average Bonchev–Trinajstić information content (AvgIpc) is 3.67. The van der Waals surface area contributed by atoms with Crippen LogP contribution in [0.25, 0.3) is 0 Å². The molecule has 0 radical (unpaired) electrons. The molecule has 4 aliphatic rings. The van der Waals surface area contributed by atoms with Gasteiger partial charge < -0.3 is 9.52 Å². The average molecular weight is 742 g/mol. The Morgan fingerprint density at radius 3 is 2.33 bits per heavy atom. The Morgan fingerprint density at radius 1 is 1.00 bits per heavy atom. The quantitative estimate of drug-likeness (QED) is 0.155. The number of anilines is 2. The van der Waals surface area contributed by atoms with Crippen molar-refractivity contribution in [2.45, 2.75) is 41.3 Å². The molecule has 49 heavy (non-hydrogen) atoms. The maximum absolute atomic E-state index is 14.3. The maximum Gasteiger partial charge on any atom is 0.433 e. The predicted molar refractivity (Wildman–Crippen MR) is 166 cm³/mol. The third-order valence-corrected chi connectivity index (χ3v) is 11.4. The summed E-state index contributed by atoms with van der Waals surface area (Å²) in [7, 11) is 1.17. The summed E-state index contributed by atoms with van der Waals surface area (Å²) in [6, 6.07) is 9.00. The van der Waals surface area contributed by atoms with Gasteiger partial charge in [-0.05, 0) is 67.3 Å². The van der Waals surface area contributed by atoms with Crippen LogP contribution in [0.3, 0.4) is 0 Å². The molecule has 4 amide bonds. The van der Waals surface area contributed by atoms with E-state index >= 15 is 0 Å². The minimum absolute atomic E-state index is 0.0136. The first-order chi connectivity index (χ1) is 23.0. The molecule has 6 atom stereocenters. The molecule has 7 rings (SSSR count). The zero-order chi connectivity index (χ0) is 35.4. The second-order valence-corrected chi connectivity index (χ2v) is 13.9. The number of nitrogens with zero attached hydrogens (tertiary/aromatic N) is 4. The monoisotopic (exact) mass is 740 g/mol. The van der Waals surface area contributed by atoms with Crippen LogP contribution in [0.2, 0.25) is 5.02 Å². The van der Waals surface area contributed by atoms with E-state index in [2.05, 4.69) is 4.98 Å². The normalized spacial score (nSPS) is 29.6. The van der Waals surface area contributed by atoms with Crippen molar-refractivity contribution < 1.29 is 46.3 Å². The number of hydrogen-bond donors (Lipinski definition) is 1. The number of carbonyl (C=O) groups is 4. The van der Waals surface area contributed by atoms with Crippen molar-refractivity contribution in [2.75, 3.05) is 17.0 Å². The molecule has 2 aliphatic heterocycles. The van der Waals surface area contributed by atoms with Crippen LogP contribution in [-0.2, 0) is 32.0 Å². The number of pyridine rings is 1. The zero-order valence-corrected chi connectivity index (χ0v) is 27.3. The van der Waals surface area contributed by atoms with Crippen LogP contribution in [0.4, 0.5) is 29.1 Å². The number of imide groups is 2. The van der Waals surface area contributed by atoms with Crippen LogP contribution >= 0.6 is 34.8 Å². The third kappa shape index (κ3) is 4.67. The first-order valence-corrected chi connectivity index (χ1v) is 15.9. The van der Waals surface area contributed by atoms with E-state index in [-0.39, 0.29) is 28.7 Å². The van der Waals surface area contributed by atoms with Crippen molar-refractivity contribution in [1.82, 2.24) is 9.99 Å². The van der Waals surface area contributed by atoms with Gasteiger partial charge in [0, 0.05) is 7.05 Å². The van der Waals surface area contributed by atoms with Gasteiger partial charge in [0.05, 0.1) is 28.5 Å². The molecule has 1 N–H and O–H groups in total. The van der Waals surface area contributed by atoms with Crippen molar-refractivity contribution in [2.24, 2.45) is 17.8 Å². The molecule has 2 aromatic heterocycles. The number of furan rings is 1. The van der Waals surface area contributed by atoms with E-state index in [0.717, 1.165) is 28.1 Å². The fourth-order valence-electron chi connectivity index (χ4n) is 7.54. The number of rotatable bonds is 5. The van der Waals surface area contributed by atoms with Gasteiger partial charge >= 0.3 is 6.18 Å². The Labute approximate surface area is 289 Å². The summed E-state index contributed by atoms with van der Waals surface area (Å²) >= 11 is 20.7. The van der Waals surface area contributed by atoms with Gasteiger partial charge in [0.15, 0.2) is 15.6 Å². The van der Waals surface area contributed by atoms with Gasteiger partial charge in [0.1, 0.15) is 29.6 Å². The lowest BCUT2D eigenvalue weighted by Crippen LogP contribution is -2.60. The molecular formula is C32H23Cl3F4N4O6. The minimum Gasteiger partial charge on any atom is -0.463 e. The summed E-state index contributed by atoms with van der Waals surface area (Å²) in [5.74, 6) is -8.98. The van der Waals surface area contributed by atoms with Crippen molar-refractivity contribution in [3.63, 3.8) is 0 Å². The van der Waals surface area contributed by atoms with Crippen LogP contribution in [0.5, 0.6) is 0 Å². The molecular weight excluding hydrogens is 719 g/mol. The fourth-order valence-corrected chi connectivity index (χ4v) is 8.68. The van der Waals surface area contributed by atoms with Crippen LogP contribution < -0.4 is 9.91 Å². The summed E-state index contributed by atoms with van der Waals surface area (Å²) in [6.45, 7) is -0.518. The number of alkyl halides is 5. The van der Waals surface area contributed by atoms with Crippen molar-refractivity contribution in [3.8, 4) is 0 Å². The lowest BCUT2D eigenvalue weighted by atomic mass is 9.57. The maximum atomic E-state index is 14.3. The highest BCUT2D eigenvalue weighted by Crippen LogP contribution is 2.66. The highest BCUT2D eigenvalue weighted by Gasteiger charge is 2.77. The van der Waals surface area contributed by atoms with E-state index in [1.807, 2.05) is 0 Å². The van der Waals surface area contributed by atoms with Gasteiger partial charge in [-0.15, -0.1) is 23.2 Å². The van der Waals surface area contributed by atoms with E-state index in [0.29, 0.717) is 16.6 Å². The molecule has 3 aromatic rings. The largest absolute Gasteiger partial charge is 0.463 e. The first kappa shape index (κ1) is 33.5. The van der Waals surface area contributed by atoms with Gasteiger partial charge in [-0.2, -0.15) is 18.2 Å². The third-order valence-electron chi connectivity index (χ3n) is 9.72. The van der Waals surface area contributed by atoms with E-state index in [1.54, 1.807) is 6.08 Å². The van der Waals surface area contributed by atoms with Crippen LogP contribution in [0, 0.1) is 23.6 Å². The van der Waals surface area contributed by atoms with Crippen molar-refractivity contribution in [1.29, 1.82) is 0 Å². The molecule has 3 fully saturated rings. The summed E-state index contributed by atoms with van der Waals surface area (Å²) in [5.41, 5.74) is -0.942. The van der Waals surface area contributed by atoms with E-state index in [1.165, 1.54) is 31.3 Å². The number of halogens is 7. The Hall–Kier alpha value is -3.98. The smallest absolute Gasteiger partial charge is 0.433 e. The fraction of sp³-hybridized carbons (Fsp3) is 0.344. The standard InChI is InChI=1S/C32H23Cl3F4N4O6/c1-41(25-20(33)9-11-22(40-25)32(37,38)39)43-26(45)18-8-7-17-19(23(18)27(43)46)12-30(34)28(47)42(15-4-2-14(36)3-5-15)29(48)31(30,35)24(17)21-10-6-16(13-44)49-21/h2-7,9-11,18-19,23-24,44H,8,12-13H2,1H3. The lowest BCUT2D eigenvalue weighted by molar-refractivity contribution is -0.141. The number of hydrogen-bond acceptors (Lipinski definition) is 8. The molecule has 4 heterocycles. The molecule has 1 saturated carbocycles. The van der Waals surface area contributed by atoms with Gasteiger partial charge in [-0.25, -0.2) is 14.3 Å². The number of hydrazine groups is 1.